The van der Waals surface area contributed by atoms with Gasteiger partial charge in [0.05, 0.1) is 0 Å². The van der Waals surface area contributed by atoms with Gasteiger partial charge in [-0.25, -0.2) is 0 Å². The van der Waals surface area contributed by atoms with Gasteiger partial charge in [-0.1, -0.05) is 39.1 Å². The molecule has 1 nitrogen and oxygen atoms in total. The van der Waals surface area contributed by atoms with Crippen molar-refractivity contribution in [3.8, 4) is 0 Å². The summed E-state index contributed by atoms with van der Waals surface area (Å²) in [6, 6.07) is 9.44. The quantitative estimate of drug-likeness (QED) is 0.515. The zero-order valence-electron chi connectivity index (χ0n) is 8.64. The third kappa shape index (κ3) is 1.85. The molecule has 0 aliphatic carbocycles. The second-order valence-electron chi connectivity index (χ2n) is 3.81. The van der Waals surface area contributed by atoms with Gasteiger partial charge in [-0.3, -0.25) is 0 Å². The van der Waals surface area contributed by atoms with E-state index in [4.69, 9.17) is 27.6 Å². The Morgan fingerprint density at radius 2 is 1.76 bits per heavy atom. The first-order valence-electron chi connectivity index (χ1n) is 5.05. The molecule has 0 atom stereocenters. The lowest BCUT2D eigenvalue weighted by molar-refractivity contribution is 0.669. The molecule has 0 aliphatic rings. The maximum atomic E-state index is 6.05. The summed E-state index contributed by atoms with van der Waals surface area (Å²) in [6.07, 6.45) is 0. The minimum absolute atomic E-state index is 0.669. The Bertz CT molecular complexity index is 718. The average molecular weight is 330 g/mol. The molecule has 2 aromatic carbocycles. The summed E-state index contributed by atoms with van der Waals surface area (Å²) in [4.78, 5) is 0. The Kier molecular flexibility index (Phi) is 2.81. The minimum Gasteiger partial charge on any atom is -0.456 e. The highest BCUT2D eigenvalue weighted by atomic mass is 79.9. The van der Waals surface area contributed by atoms with Crippen LogP contribution in [0, 0.1) is 0 Å². The van der Waals surface area contributed by atoms with Crippen molar-refractivity contribution in [2.75, 3.05) is 0 Å². The van der Waals surface area contributed by atoms with Crippen molar-refractivity contribution >= 4 is 61.1 Å². The van der Waals surface area contributed by atoms with E-state index in [1.807, 2.05) is 30.3 Å². The fourth-order valence-corrected chi connectivity index (χ4v) is 2.87. The van der Waals surface area contributed by atoms with Gasteiger partial charge in [-0.15, -0.1) is 0 Å². The second kappa shape index (κ2) is 4.20. The monoisotopic (exact) mass is 328 g/mol. The van der Waals surface area contributed by atoms with Crippen LogP contribution in [0.1, 0.15) is 5.56 Å². The molecule has 0 radical (unpaired) electrons. The normalized spacial score (nSPS) is 11.5. The van der Waals surface area contributed by atoms with Crippen molar-refractivity contribution in [1.82, 2.24) is 0 Å². The largest absolute Gasteiger partial charge is 0.456 e. The van der Waals surface area contributed by atoms with Gasteiger partial charge in [-0.05, 0) is 23.8 Å². The zero-order chi connectivity index (χ0) is 12.0. The fourth-order valence-electron chi connectivity index (χ4n) is 2.03. The Labute approximate surface area is 116 Å². The zero-order valence-corrected chi connectivity index (χ0v) is 11.7. The molecule has 0 aliphatic heterocycles. The van der Waals surface area contributed by atoms with Crippen LogP contribution in [0.4, 0.5) is 0 Å². The molecule has 86 valence electrons. The van der Waals surface area contributed by atoms with Crippen LogP contribution in [0.3, 0.4) is 0 Å². The van der Waals surface area contributed by atoms with Crippen LogP contribution >= 0.6 is 39.1 Å². The van der Waals surface area contributed by atoms with E-state index in [-0.39, 0.29) is 0 Å². The lowest BCUT2D eigenvalue weighted by Gasteiger charge is -1.99. The first-order chi connectivity index (χ1) is 8.19. The predicted octanol–water partition coefficient (Wildman–Crippen LogP) is 5.79. The van der Waals surface area contributed by atoms with Gasteiger partial charge in [0.25, 0.3) is 0 Å². The summed E-state index contributed by atoms with van der Waals surface area (Å²) in [5, 5.41) is 4.25. The van der Waals surface area contributed by atoms with Gasteiger partial charge >= 0.3 is 0 Å². The molecular weight excluding hydrogens is 323 g/mol. The van der Waals surface area contributed by atoms with Crippen LogP contribution in [0.5, 0.6) is 0 Å². The Morgan fingerprint density at radius 3 is 2.53 bits per heavy atom. The third-order valence-corrected chi connectivity index (χ3v) is 3.78. The Hall–Kier alpha value is -0.700. The van der Waals surface area contributed by atoms with Crippen molar-refractivity contribution in [3.05, 3.63) is 45.9 Å². The van der Waals surface area contributed by atoms with E-state index in [9.17, 15) is 0 Å². The fraction of sp³-hybridized carbons (Fsp3) is 0.0769. The summed E-state index contributed by atoms with van der Waals surface area (Å²) in [5.41, 5.74) is 2.70. The molecule has 1 heterocycles. The molecule has 0 unspecified atom stereocenters. The van der Waals surface area contributed by atoms with Gasteiger partial charge in [0.15, 0.2) is 0 Å². The lowest BCUT2D eigenvalue weighted by atomic mass is 10.1. The van der Waals surface area contributed by atoms with Crippen LogP contribution in [0.2, 0.25) is 10.0 Å². The summed E-state index contributed by atoms with van der Waals surface area (Å²) in [6.45, 7) is 0. The van der Waals surface area contributed by atoms with E-state index in [1.54, 1.807) is 0 Å². The molecule has 0 spiro atoms. The summed E-state index contributed by atoms with van der Waals surface area (Å²) in [5.74, 6) is 0. The van der Waals surface area contributed by atoms with Gasteiger partial charge < -0.3 is 4.42 Å². The van der Waals surface area contributed by atoms with Gasteiger partial charge in [0.1, 0.15) is 11.2 Å². The molecule has 0 amide bonds. The lowest BCUT2D eigenvalue weighted by Crippen LogP contribution is -1.79. The molecule has 0 bridgehead atoms. The Morgan fingerprint density at radius 1 is 1.00 bits per heavy atom. The van der Waals surface area contributed by atoms with Crippen LogP contribution in [-0.2, 0) is 5.33 Å². The van der Waals surface area contributed by atoms with E-state index in [0.29, 0.717) is 10.0 Å². The van der Waals surface area contributed by atoms with E-state index in [2.05, 4.69) is 15.9 Å². The number of halogens is 3. The second-order valence-corrected chi connectivity index (χ2v) is 5.25. The van der Waals surface area contributed by atoms with Crippen molar-refractivity contribution in [1.29, 1.82) is 0 Å². The minimum atomic E-state index is 0.669. The standard InChI is InChI=1S/C13H7BrCl2O/c14-6-7-3-9(16)5-12-13(7)10-2-1-8(15)4-11(10)17-12/h1-5H,6H2. The SMILES string of the molecule is Clc1ccc2c(c1)oc1cc(Cl)cc(CBr)c12. The summed E-state index contributed by atoms with van der Waals surface area (Å²) >= 11 is 15.5. The highest BCUT2D eigenvalue weighted by molar-refractivity contribution is 9.08. The van der Waals surface area contributed by atoms with Crippen molar-refractivity contribution < 1.29 is 4.42 Å². The first kappa shape index (κ1) is 11.4. The molecule has 0 N–H and O–H groups in total. The van der Waals surface area contributed by atoms with Gasteiger partial charge in [-0.2, -0.15) is 0 Å². The topological polar surface area (TPSA) is 13.1 Å². The number of furan rings is 1. The molecule has 17 heavy (non-hydrogen) atoms. The highest BCUT2D eigenvalue weighted by Crippen LogP contribution is 2.35. The number of alkyl halides is 1. The van der Waals surface area contributed by atoms with Crippen LogP contribution in [0.25, 0.3) is 21.9 Å². The predicted molar refractivity (Wildman–Crippen MR) is 76.4 cm³/mol. The molecule has 0 fully saturated rings. The van der Waals surface area contributed by atoms with Crippen molar-refractivity contribution in [3.63, 3.8) is 0 Å². The molecule has 0 saturated heterocycles. The van der Waals surface area contributed by atoms with E-state index >= 15 is 0 Å². The molecular formula is C13H7BrCl2O. The Balaban J connectivity index is 2.51. The van der Waals surface area contributed by atoms with Crippen LogP contribution in [-0.4, -0.2) is 0 Å². The number of rotatable bonds is 1. The number of hydrogen-bond acceptors (Lipinski definition) is 1. The van der Waals surface area contributed by atoms with Crippen LogP contribution in [0.15, 0.2) is 34.7 Å². The molecule has 3 rings (SSSR count). The smallest absolute Gasteiger partial charge is 0.137 e. The third-order valence-electron chi connectivity index (χ3n) is 2.73. The highest BCUT2D eigenvalue weighted by Gasteiger charge is 2.12. The average Bonchev–Trinajstić information content (AvgIpc) is 2.64. The van der Waals surface area contributed by atoms with Crippen LogP contribution < -0.4 is 0 Å². The molecule has 4 heteroatoms. The maximum absolute atomic E-state index is 6.05. The van der Waals surface area contributed by atoms with Crippen molar-refractivity contribution in [2.24, 2.45) is 0 Å². The van der Waals surface area contributed by atoms with Gasteiger partial charge in [0, 0.05) is 38.3 Å². The number of benzene rings is 2. The molecule has 1 aromatic heterocycles. The van der Waals surface area contributed by atoms with E-state index < -0.39 is 0 Å². The molecule has 0 saturated carbocycles. The first-order valence-corrected chi connectivity index (χ1v) is 6.93. The summed E-state index contributed by atoms with van der Waals surface area (Å²) in [7, 11) is 0. The molecule has 3 aromatic rings. The van der Waals surface area contributed by atoms with Crippen molar-refractivity contribution in [2.45, 2.75) is 5.33 Å². The van der Waals surface area contributed by atoms with E-state index in [0.717, 1.165) is 32.8 Å². The maximum Gasteiger partial charge on any atom is 0.137 e. The van der Waals surface area contributed by atoms with Gasteiger partial charge in [0.2, 0.25) is 0 Å². The summed E-state index contributed by atoms with van der Waals surface area (Å²) < 4.78 is 5.77. The number of hydrogen-bond donors (Lipinski definition) is 0. The van der Waals surface area contributed by atoms with E-state index in [1.165, 1.54) is 0 Å². The number of fused-ring (bicyclic) bond motifs is 3.